The third kappa shape index (κ3) is 3.69. The van der Waals surface area contributed by atoms with Crippen molar-refractivity contribution >= 4 is 11.9 Å². The fourth-order valence-corrected chi connectivity index (χ4v) is 2.97. The van der Waals surface area contributed by atoms with Crippen molar-refractivity contribution in [2.24, 2.45) is 0 Å². The Morgan fingerprint density at radius 2 is 2.04 bits per heavy atom. The van der Waals surface area contributed by atoms with E-state index >= 15 is 0 Å². The lowest BCUT2D eigenvalue weighted by Gasteiger charge is -2.27. The first-order valence-corrected chi connectivity index (χ1v) is 8.51. The number of nitrogens with zero attached hydrogens (tertiary/aromatic N) is 6. The number of anilines is 1. The summed E-state index contributed by atoms with van der Waals surface area (Å²) in [5, 5.41) is 7.75. The van der Waals surface area contributed by atoms with Gasteiger partial charge in [-0.1, -0.05) is 6.07 Å². The maximum atomic E-state index is 12.5. The Kier molecular flexibility index (Phi) is 4.55. The average molecular weight is 349 g/mol. The van der Waals surface area contributed by atoms with Crippen molar-refractivity contribution in [3.63, 3.8) is 0 Å². The predicted molar refractivity (Wildman–Crippen MR) is 94.9 cm³/mol. The number of pyridine rings is 1. The maximum absolute atomic E-state index is 12.5. The molecule has 0 aliphatic carbocycles. The minimum Gasteiger partial charge on any atom is -0.348 e. The van der Waals surface area contributed by atoms with Crippen molar-refractivity contribution in [2.45, 2.75) is 26.1 Å². The molecule has 0 aromatic carbocycles. The number of hydrogen-bond acceptors (Lipinski definition) is 6. The van der Waals surface area contributed by atoms with Crippen molar-refractivity contribution in [1.29, 1.82) is 0 Å². The molecular formula is C18H19N7O. The van der Waals surface area contributed by atoms with Gasteiger partial charge < -0.3 is 10.2 Å². The lowest BCUT2D eigenvalue weighted by atomic mass is 10.2. The molecule has 0 bridgehead atoms. The van der Waals surface area contributed by atoms with Crippen LogP contribution in [0.15, 0.2) is 49.1 Å². The molecule has 4 rings (SSSR count). The maximum Gasteiger partial charge on any atom is 0.227 e. The first-order chi connectivity index (χ1) is 12.8. The molecule has 0 fully saturated rings. The summed E-state index contributed by atoms with van der Waals surface area (Å²) in [7, 11) is 0. The summed E-state index contributed by atoms with van der Waals surface area (Å²) in [6.45, 7) is 2.50. The number of carbonyl (C=O) groups is 1. The van der Waals surface area contributed by atoms with Gasteiger partial charge in [0.15, 0.2) is 0 Å². The highest BCUT2D eigenvalue weighted by atomic mass is 16.2. The molecule has 8 nitrogen and oxygen atoms in total. The van der Waals surface area contributed by atoms with Crippen LogP contribution in [-0.4, -0.2) is 42.1 Å². The number of nitrogens with one attached hydrogen (secondary N) is 1. The van der Waals surface area contributed by atoms with Crippen LogP contribution < -0.4 is 5.32 Å². The van der Waals surface area contributed by atoms with Gasteiger partial charge >= 0.3 is 0 Å². The standard InChI is InChI=1S/C18H19N7O/c26-17(9-14-3-1-4-19-11-14)24-7-8-25-16(13-24)10-15(23-25)12-22-18-20-5-2-6-21-18/h1-6,10-11H,7-9,12-13H2,(H,20,21,22). The second-order valence-corrected chi connectivity index (χ2v) is 6.13. The van der Waals surface area contributed by atoms with Crippen LogP contribution in [0.2, 0.25) is 0 Å². The molecule has 26 heavy (non-hydrogen) atoms. The van der Waals surface area contributed by atoms with Crippen LogP contribution in [0.5, 0.6) is 0 Å². The molecule has 0 unspecified atom stereocenters. The molecule has 0 saturated heterocycles. The van der Waals surface area contributed by atoms with E-state index in [0.717, 1.165) is 17.0 Å². The zero-order valence-electron chi connectivity index (χ0n) is 14.2. The predicted octanol–water partition coefficient (Wildman–Crippen LogP) is 1.27. The van der Waals surface area contributed by atoms with E-state index in [0.29, 0.717) is 38.5 Å². The Morgan fingerprint density at radius 1 is 1.15 bits per heavy atom. The van der Waals surface area contributed by atoms with Gasteiger partial charge in [0.05, 0.1) is 37.4 Å². The highest BCUT2D eigenvalue weighted by molar-refractivity contribution is 5.78. The zero-order valence-corrected chi connectivity index (χ0v) is 14.2. The normalized spacial score (nSPS) is 13.3. The summed E-state index contributed by atoms with van der Waals surface area (Å²) < 4.78 is 1.97. The van der Waals surface area contributed by atoms with E-state index < -0.39 is 0 Å². The van der Waals surface area contributed by atoms with Crippen LogP contribution in [0, 0.1) is 0 Å². The van der Waals surface area contributed by atoms with Crippen LogP contribution in [0.4, 0.5) is 5.95 Å². The molecule has 3 aromatic rings. The quantitative estimate of drug-likeness (QED) is 0.746. The van der Waals surface area contributed by atoms with Crippen molar-refractivity contribution in [2.75, 3.05) is 11.9 Å². The summed E-state index contributed by atoms with van der Waals surface area (Å²) >= 11 is 0. The minimum atomic E-state index is 0.114. The van der Waals surface area contributed by atoms with E-state index in [1.165, 1.54) is 0 Å². The van der Waals surface area contributed by atoms with Gasteiger partial charge in [-0.2, -0.15) is 5.10 Å². The Labute approximate surface area is 150 Å². The average Bonchev–Trinajstić information content (AvgIpc) is 3.10. The topological polar surface area (TPSA) is 88.8 Å². The fourth-order valence-electron chi connectivity index (χ4n) is 2.97. The SMILES string of the molecule is O=C(Cc1cccnc1)N1CCn2nc(CNc3ncccn3)cc2C1. The number of amides is 1. The first kappa shape index (κ1) is 16.2. The molecule has 1 aliphatic heterocycles. The van der Waals surface area contributed by atoms with Crippen LogP contribution in [-0.2, 0) is 30.8 Å². The van der Waals surface area contributed by atoms with Crippen molar-refractivity contribution in [3.05, 3.63) is 66.0 Å². The summed E-state index contributed by atoms with van der Waals surface area (Å²) in [4.78, 5) is 26.7. The lowest BCUT2D eigenvalue weighted by Crippen LogP contribution is -2.39. The van der Waals surface area contributed by atoms with Crippen LogP contribution in [0.3, 0.4) is 0 Å². The van der Waals surface area contributed by atoms with Crippen molar-refractivity contribution in [3.8, 4) is 0 Å². The van der Waals surface area contributed by atoms with Crippen LogP contribution >= 0.6 is 0 Å². The van der Waals surface area contributed by atoms with Crippen molar-refractivity contribution in [1.82, 2.24) is 29.6 Å². The van der Waals surface area contributed by atoms with Gasteiger partial charge in [-0.05, 0) is 23.8 Å². The number of rotatable bonds is 5. The van der Waals surface area contributed by atoms with E-state index in [1.807, 2.05) is 27.8 Å². The molecule has 132 valence electrons. The highest BCUT2D eigenvalue weighted by Crippen LogP contribution is 2.15. The van der Waals surface area contributed by atoms with E-state index in [-0.39, 0.29) is 5.91 Å². The molecule has 4 heterocycles. The number of aromatic nitrogens is 5. The fraction of sp³-hybridized carbons (Fsp3) is 0.278. The lowest BCUT2D eigenvalue weighted by molar-refractivity contribution is -0.132. The number of fused-ring (bicyclic) bond motifs is 1. The third-order valence-corrected chi connectivity index (χ3v) is 4.27. The molecule has 0 atom stereocenters. The van der Waals surface area contributed by atoms with E-state index in [1.54, 1.807) is 30.9 Å². The summed E-state index contributed by atoms with van der Waals surface area (Å²) in [6.07, 6.45) is 7.21. The van der Waals surface area contributed by atoms with Gasteiger partial charge in [-0.3, -0.25) is 14.5 Å². The van der Waals surface area contributed by atoms with Gasteiger partial charge in [-0.25, -0.2) is 9.97 Å². The number of hydrogen-bond donors (Lipinski definition) is 1. The Bertz CT molecular complexity index is 879. The minimum absolute atomic E-state index is 0.114. The largest absolute Gasteiger partial charge is 0.348 e. The molecule has 1 amide bonds. The van der Waals surface area contributed by atoms with E-state index in [9.17, 15) is 4.79 Å². The molecular weight excluding hydrogens is 330 g/mol. The molecule has 0 spiro atoms. The monoisotopic (exact) mass is 349 g/mol. The van der Waals surface area contributed by atoms with E-state index in [2.05, 4.69) is 25.4 Å². The second kappa shape index (κ2) is 7.30. The Morgan fingerprint density at radius 3 is 2.85 bits per heavy atom. The molecule has 3 aromatic heterocycles. The molecule has 1 aliphatic rings. The van der Waals surface area contributed by atoms with Crippen LogP contribution in [0.25, 0.3) is 0 Å². The van der Waals surface area contributed by atoms with Crippen molar-refractivity contribution < 1.29 is 4.79 Å². The van der Waals surface area contributed by atoms with Crippen LogP contribution in [0.1, 0.15) is 17.0 Å². The molecule has 1 N–H and O–H groups in total. The summed E-state index contributed by atoms with van der Waals surface area (Å²) in [5.41, 5.74) is 2.89. The number of carbonyl (C=O) groups excluding carboxylic acids is 1. The smallest absolute Gasteiger partial charge is 0.227 e. The third-order valence-electron chi connectivity index (χ3n) is 4.27. The van der Waals surface area contributed by atoms with E-state index in [4.69, 9.17) is 0 Å². The molecule has 8 heteroatoms. The zero-order chi connectivity index (χ0) is 17.8. The molecule has 0 saturated carbocycles. The van der Waals surface area contributed by atoms with Gasteiger partial charge in [0.1, 0.15) is 0 Å². The van der Waals surface area contributed by atoms with Gasteiger partial charge in [0.2, 0.25) is 11.9 Å². The Balaban J connectivity index is 1.38. The van der Waals surface area contributed by atoms with Gasteiger partial charge in [0.25, 0.3) is 0 Å². The Hall–Kier alpha value is -3.29. The van der Waals surface area contributed by atoms with Gasteiger partial charge in [-0.15, -0.1) is 0 Å². The second-order valence-electron chi connectivity index (χ2n) is 6.13. The first-order valence-electron chi connectivity index (χ1n) is 8.51. The summed E-state index contributed by atoms with van der Waals surface area (Å²) in [6, 6.07) is 7.58. The molecule has 0 radical (unpaired) electrons. The highest BCUT2D eigenvalue weighted by Gasteiger charge is 2.22. The summed E-state index contributed by atoms with van der Waals surface area (Å²) in [5.74, 6) is 0.689. The van der Waals surface area contributed by atoms with Gasteiger partial charge in [0, 0.05) is 31.3 Å².